The minimum atomic E-state index is 0.652. The van der Waals surface area contributed by atoms with Gasteiger partial charge in [0.2, 0.25) is 0 Å². The first-order valence-corrected chi connectivity index (χ1v) is 8.10. The third kappa shape index (κ3) is 4.18. The molecule has 0 amide bonds. The fraction of sp³-hybridized carbons (Fsp3) is 0.158. The van der Waals surface area contributed by atoms with E-state index in [0.717, 1.165) is 28.8 Å². The quantitative estimate of drug-likeness (QED) is 0.360. The molecule has 0 aliphatic carbocycles. The molecule has 0 atom stereocenters. The van der Waals surface area contributed by atoms with Crippen molar-refractivity contribution in [1.29, 1.82) is 0 Å². The van der Waals surface area contributed by atoms with E-state index in [1.807, 2.05) is 42.5 Å². The van der Waals surface area contributed by atoms with Gasteiger partial charge in [0, 0.05) is 4.90 Å². The molecule has 1 N–H and O–H groups in total. The second-order valence-corrected chi connectivity index (χ2v) is 5.93. The summed E-state index contributed by atoms with van der Waals surface area (Å²) in [5.41, 5.74) is 4.90. The molecule has 0 aromatic heterocycles. The molecule has 0 spiro atoms. The highest BCUT2D eigenvalue weighted by Gasteiger charge is 2.01. The van der Waals surface area contributed by atoms with Crippen molar-refractivity contribution in [2.75, 3.05) is 5.48 Å². The first-order chi connectivity index (χ1) is 11.2. The van der Waals surface area contributed by atoms with Crippen LogP contribution in [-0.4, -0.2) is 0 Å². The minimum Gasteiger partial charge on any atom is -0.314 e. The van der Waals surface area contributed by atoms with Crippen LogP contribution in [0.5, 0.6) is 5.75 Å². The van der Waals surface area contributed by atoms with Crippen molar-refractivity contribution in [1.82, 2.24) is 0 Å². The lowest BCUT2D eigenvalue weighted by molar-refractivity contribution is -0.178. The molecular formula is C19H19NO2S. The second kappa shape index (κ2) is 7.40. The maximum absolute atomic E-state index is 5.30. The lowest BCUT2D eigenvalue weighted by Gasteiger charge is -2.08. The molecule has 3 nitrogen and oxygen atoms in total. The van der Waals surface area contributed by atoms with Crippen molar-refractivity contribution < 1.29 is 9.88 Å². The molecule has 0 aliphatic rings. The van der Waals surface area contributed by atoms with Gasteiger partial charge in [0.1, 0.15) is 0 Å². The van der Waals surface area contributed by atoms with Crippen LogP contribution in [-0.2, 0) is 11.4 Å². The first-order valence-electron chi connectivity index (χ1n) is 7.66. The standard InChI is InChI=1S/C19H19NO2S/c1-2-3-14-4-5-16-13-18(9-6-15(16)12-14)21-22-20-17-7-10-19(23)11-8-17/h4-13,20,23H,2-3H2,1H3. The molecule has 4 heteroatoms. The molecule has 0 saturated carbocycles. The number of nitrogens with one attached hydrogen (secondary N) is 1. The van der Waals surface area contributed by atoms with Crippen LogP contribution < -0.4 is 10.4 Å². The van der Waals surface area contributed by atoms with Gasteiger partial charge >= 0.3 is 0 Å². The number of hydrogen-bond donors (Lipinski definition) is 2. The average molecular weight is 325 g/mol. The van der Waals surface area contributed by atoms with E-state index in [0.29, 0.717) is 5.75 Å². The normalized spacial score (nSPS) is 10.7. The Balaban J connectivity index is 1.64. The van der Waals surface area contributed by atoms with E-state index in [1.165, 1.54) is 10.9 Å². The fourth-order valence-electron chi connectivity index (χ4n) is 2.42. The summed E-state index contributed by atoms with van der Waals surface area (Å²) < 4.78 is 0. The number of rotatable bonds is 6. The van der Waals surface area contributed by atoms with Crippen LogP contribution in [0.4, 0.5) is 5.69 Å². The van der Waals surface area contributed by atoms with E-state index in [2.05, 4.69) is 43.2 Å². The van der Waals surface area contributed by atoms with Crippen LogP contribution in [0.15, 0.2) is 65.6 Å². The highest BCUT2D eigenvalue weighted by Crippen LogP contribution is 2.23. The van der Waals surface area contributed by atoms with Gasteiger partial charge in [-0.2, -0.15) is 0 Å². The van der Waals surface area contributed by atoms with Gasteiger partial charge in [-0.05, 0) is 59.2 Å². The molecule has 0 heterocycles. The molecule has 3 aromatic rings. The van der Waals surface area contributed by atoms with Gasteiger partial charge in [0.05, 0.1) is 5.69 Å². The topological polar surface area (TPSA) is 30.5 Å². The summed E-state index contributed by atoms with van der Waals surface area (Å²) in [6.07, 6.45) is 2.26. The number of anilines is 1. The third-order valence-electron chi connectivity index (χ3n) is 3.58. The van der Waals surface area contributed by atoms with Crippen LogP contribution >= 0.6 is 12.6 Å². The van der Waals surface area contributed by atoms with E-state index in [9.17, 15) is 0 Å². The van der Waals surface area contributed by atoms with Crippen molar-refractivity contribution in [3.8, 4) is 5.75 Å². The second-order valence-electron chi connectivity index (χ2n) is 5.41. The largest absolute Gasteiger partial charge is 0.314 e. The molecule has 3 aromatic carbocycles. The van der Waals surface area contributed by atoms with E-state index < -0.39 is 0 Å². The van der Waals surface area contributed by atoms with E-state index in [4.69, 9.17) is 9.88 Å². The Morgan fingerprint density at radius 2 is 1.65 bits per heavy atom. The smallest absolute Gasteiger partial charge is 0.168 e. The Morgan fingerprint density at radius 1 is 0.913 bits per heavy atom. The number of benzene rings is 3. The molecule has 3 rings (SSSR count). The van der Waals surface area contributed by atoms with Crippen LogP contribution in [0.2, 0.25) is 0 Å². The van der Waals surface area contributed by atoms with E-state index in [-0.39, 0.29) is 0 Å². The zero-order chi connectivity index (χ0) is 16.1. The Morgan fingerprint density at radius 3 is 2.43 bits per heavy atom. The van der Waals surface area contributed by atoms with Gasteiger partial charge in [-0.1, -0.05) is 42.6 Å². The Kier molecular flexibility index (Phi) is 5.05. The number of aryl methyl sites for hydroxylation is 1. The fourth-order valence-corrected chi connectivity index (χ4v) is 2.56. The summed E-state index contributed by atoms with van der Waals surface area (Å²) in [5, 5.41) is 2.34. The summed E-state index contributed by atoms with van der Waals surface area (Å²) >= 11 is 4.23. The summed E-state index contributed by atoms with van der Waals surface area (Å²) in [7, 11) is 0. The Labute approximate surface area is 141 Å². The maximum atomic E-state index is 5.30. The lowest BCUT2D eigenvalue weighted by Crippen LogP contribution is -2.05. The number of thiol groups is 1. The molecule has 0 radical (unpaired) electrons. The molecule has 0 unspecified atom stereocenters. The van der Waals surface area contributed by atoms with Crippen LogP contribution in [0.1, 0.15) is 18.9 Å². The van der Waals surface area contributed by atoms with Gasteiger partial charge < -0.3 is 4.89 Å². The van der Waals surface area contributed by atoms with Gasteiger partial charge in [-0.25, -0.2) is 5.48 Å². The van der Waals surface area contributed by atoms with Crippen molar-refractivity contribution in [2.24, 2.45) is 0 Å². The molecular weight excluding hydrogens is 306 g/mol. The van der Waals surface area contributed by atoms with Crippen LogP contribution in [0, 0.1) is 0 Å². The molecule has 23 heavy (non-hydrogen) atoms. The van der Waals surface area contributed by atoms with Crippen LogP contribution in [0.3, 0.4) is 0 Å². The molecule has 0 saturated heterocycles. The first kappa shape index (κ1) is 15.7. The van der Waals surface area contributed by atoms with Crippen molar-refractivity contribution in [3.63, 3.8) is 0 Å². The zero-order valence-corrected chi connectivity index (χ0v) is 13.8. The highest BCUT2D eigenvalue weighted by molar-refractivity contribution is 7.80. The predicted octanol–water partition coefficient (Wildman–Crippen LogP) is 5.42. The summed E-state index contributed by atoms with van der Waals surface area (Å²) in [6.45, 7) is 2.19. The van der Waals surface area contributed by atoms with Crippen molar-refractivity contribution >= 4 is 29.1 Å². The summed E-state index contributed by atoms with van der Waals surface area (Å²) in [5.74, 6) is 0.652. The maximum Gasteiger partial charge on any atom is 0.168 e. The monoisotopic (exact) mass is 325 g/mol. The van der Waals surface area contributed by atoms with Gasteiger partial charge in [0.25, 0.3) is 0 Å². The Hall–Kier alpha value is -2.17. The van der Waals surface area contributed by atoms with Gasteiger partial charge in [0.15, 0.2) is 5.75 Å². The van der Waals surface area contributed by atoms with Crippen LogP contribution in [0.25, 0.3) is 10.8 Å². The summed E-state index contributed by atoms with van der Waals surface area (Å²) in [4.78, 5) is 11.3. The molecule has 118 valence electrons. The minimum absolute atomic E-state index is 0.652. The number of fused-ring (bicyclic) bond motifs is 1. The average Bonchev–Trinajstić information content (AvgIpc) is 2.57. The van der Waals surface area contributed by atoms with E-state index >= 15 is 0 Å². The summed E-state index contributed by atoms with van der Waals surface area (Å²) in [6, 6.07) is 19.9. The van der Waals surface area contributed by atoms with Crippen molar-refractivity contribution in [2.45, 2.75) is 24.7 Å². The molecule has 0 aliphatic heterocycles. The molecule has 0 fully saturated rings. The predicted molar refractivity (Wildman–Crippen MR) is 97.0 cm³/mol. The van der Waals surface area contributed by atoms with Gasteiger partial charge in [-0.15, -0.1) is 12.6 Å². The van der Waals surface area contributed by atoms with Crippen molar-refractivity contribution in [3.05, 3.63) is 66.2 Å². The Bertz CT molecular complexity index is 787. The molecule has 0 bridgehead atoms. The highest BCUT2D eigenvalue weighted by atomic mass is 32.1. The lowest BCUT2D eigenvalue weighted by atomic mass is 10.0. The van der Waals surface area contributed by atoms with E-state index in [1.54, 1.807) is 0 Å². The SMILES string of the molecule is CCCc1ccc2cc(OONc3ccc(S)cc3)ccc2c1. The third-order valence-corrected chi connectivity index (χ3v) is 3.88. The zero-order valence-electron chi connectivity index (χ0n) is 13.0. The van der Waals surface area contributed by atoms with Gasteiger partial charge in [-0.3, -0.25) is 0 Å². The number of hydrogen-bond acceptors (Lipinski definition) is 4.